The molecule has 0 amide bonds. The van der Waals surface area contributed by atoms with Crippen LogP contribution in [-0.2, 0) is 11.2 Å². The molecule has 1 aromatic rings. The van der Waals surface area contributed by atoms with Gasteiger partial charge in [-0.2, -0.15) is 0 Å². The summed E-state index contributed by atoms with van der Waals surface area (Å²) in [6.45, 7) is 10.1. The van der Waals surface area contributed by atoms with Gasteiger partial charge in [0, 0.05) is 44.6 Å². The Bertz CT molecular complexity index is 520. The first-order chi connectivity index (χ1) is 11.6. The number of halogens is 1. The van der Waals surface area contributed by atoms with Crippen LogP contribution in [0.1, 0.15) is 18.7 Å². The van der Waals surface area contributed by atoms with E-state index in [2.05, 4.69) is 40.4 Å². The maximum atomic E-state index is 5.95. The lowest BCUT2D eigenvalue weighted by Crippen LogP contribution is -2.50. The number of nitrogens with zero attached hydrogens (tertiary/aromatic N) is 2. The lowest BCUT2D eigenvalue weighted by Gasteiger charge is -2.34. The van der Waals surface area contributed by atoms with Crippen molar-refractivity contribution >= 4 is 28.9 Å². The summed E-state index contributed by atoms with van der Waals surface area (Å²) in [4.78, 5) is 8.04. The fourth-order valence-corrected chi connectivity index (χ4v) is 3.89. The average molecular weight is 373 g/mol. The molecule has 0 bridgehead atoms. The van der Waals surface area contributed by atoms with Gasteiger partial charge in [0.05, 0.1) is 17.0 Å². The van der Waals surface area contributed by atoms with Crippen molar-refractivity contribution in [1.29, 1.82) is 0 Å². The number of ether oxygens (including phenoxy) is 1. The number of hydrogen-bond acceptors (Lipinski definition) is 4. The summed E-state index contributed by atoms with van der Waals surface area (Å²) < 4.78 is 6.70. The third kappa shape index (κ3) is 6.97. The Kier molecular flexibility index (Phi) is 8.32. The quantitative estimate of drug-likeness (QED) is 0.570. The molecule has 1 atom stereocenters. The minimum atomic E-state index is 0.215. The van der Waals surface area contributed by atoms with Gasteiger partial charge in [0.25, 0.3) is 0 Å². The fourth-order valence-electron chi connectivity index (χ4n) is 2.81. The normalized spacial score (nSPS) is 19.7. The van der Waals surface area contributed by atoms with Crippen molar-refractivity contribution in [2.45, 2.75) is 26.4 Å². The van der Waals surface area contributed by atoms with Crippen LogP contribution < -0.4 is 10.6 Å². The van der Waals surface area contributed by atoms with Crippen molar-refractivity contribution in [2.24, 2.45) is 10.9 Å². The SMILES string of the molecule is CN=C(NCCc1ccc(Cl)s1)NCC1CN(CC(C)C)CCO1. The molecule has 0 saturated carbocycles. The predicted octanol–water partition coefficient (Wildman–Crippen LogP) is 2.47. The molecule has 136 valence electrons. The van der Waals surface area contributed by atoms with Crippen molar-refractivity contribution < 1.29 is 4.74 Å². The molecular formula is C17H29ClN4OS. The van der Waals surface area contributed by atoms with Gasteiger partial charge in [-0.1, -0.05) is 25.4 Å². The predicted molar refractivity (Wildman–Crippen MR) is 103 cm³/mol. The number of hydrogen-bond donors (Lipinski definition) is 2. The first kappa shape index (κ1) is 19.5. The van der Waals surface area contributed by atoms with E-state index in [1.807, 2.05) is 6.07 Å². The molecule has 1 saturated heterocycles. The Hall–Kier alpha value is -0.820. The summed E-state index contributed by atoms with van der Waals surface area (Å²) in [6, 6.07) is 4.02. The Balaban J connectivity index is 1.67. The van der Waals surface area contributed by atoms with Gasteiger partial charge in [0.15, 0.2) is 5.96 Å². The van der Waals surface area contributed by atoms with Gasteiger partial charge >= 0.3 is 0 Å². The van der Waals surface area contributed by atoms with Crippen molar-refractivity contribution in [3.05, 3.63) is 21.3 Å². The van der Waals surface area contributed by atoms with Gasteiger partial charge in [-0.05, 0) is 24.5 Å². The number of guanidine groups is 1. The number of thiophene rings is 1. The zero-order valence-electron chi connectivity index (χ0n) is 14.8. The van der Waals surface area contributed by atoms with E-state index in [1.54, 1.807) is 18.4 Å². The monoisotopic (exact) mass is 372 g/mol. The highest BCUT2D eigenvalue weighted by Crippen LogP contribution is 2.21. The summed E-state index contributed by atoms with van der Waals surface area (Å²) in [7, 11) is 1.80. The molecule has 0 aliphatic carbocycles. The van der Waals surface area contributed by atoms with Gasteiger partial charge in [-0.15, -0.1) is 11.3 Å². The highest BCUT2D eigenvalue weighted by Gasteiger charge is 2.20. The van der Waals surface area contributed by atoms with E-state index in [1.165, 1.54) is 4.88 Å². The van der Waals surface area contributed by atoms with Crippen LogP contribution in [-0.4, -0.2) is 63.3 Å². The Labute approximate surface area is 154 Å². The van der Waals surface area contributed by atoms with Gasteiger partial charge in [0.2, 0.25) is 0 Å². The number of rotatable bonds is 7. The molecule has 1 fully saturated rings. The molecular weight excluding hydrogens is 344 g/mol. The van der Waals surface area contributed by atoms with E-state index in [9.17, 15) is 0 Å². The molecule has 1 aliphatic heterocycles. The van der Waals surface area contributed by atoms with E-state index in [0.717, 1.165) is 56.0 Å². The Morgan fingerprint density at radius 3 is 2.96 bits per heavy atom. The van der Waals surface area contributed by atoms with Crippen LogP contribution in [0.25, 0.3) is 0 Å². The molecule has 0 aromatic carbocycles. The van der Waals surface area contributed by atoms with Crippen LogP contribution in [0.2, 0.25) is 4.34 Å². The minimum Gasteiger partial charge on any atom is -0.374 e. The maximum absolute atomic E-state index is 5.95. The second kappa shape index (κ2) is 10.2. The standard InChI is InChI=1S/C17H29ClN4OS/c1-13(2)11-22-8-9-23-14(12-22)10-21-17(19-3)20-7-6-15-4-5-16(18)24-15/h4-5,13-14H,6-12H2,1-3H3,(H2,19,20,21). The van der Waals surface area contributed by atoms with Crippen molar-refractivity contribution in [1.82, 2.24) is 15.5 Å². The molecule has 7 heteroatoms. The second-order valence-electron chi connectivity index (χ2n) is 6.48. The second-order valence-corrected chi connectivity index (χ2v) is 8.28. The molecule has 2 heterocycles. The third-order valence-electron chi connectivity index (χ3n) is 3.86. The summed E-state index contributed by atoms with van der Waals surface area (Å²) in [5, 5.41) is 6.71. The van der Waals surface area contributed by atoms with Crippen LogP contribution in [0.4, 0.5) is 0 Å². The number of nitrogens with one attached hydrogen (secondary N) is 2. The molecule has 1 aromatic heterocycles. The van der Waals surface area contributed by atoms with Gasteiger partial charge in [-0.3, -0.25) is 9.89 Å². The Morgan fingerprint density at radius 2 is 2.29 bits per heavy atom. The largest absolute Gasteiger partial charge is 0.374 e. The number of morpholine rings is 1. The van der Waals surface area contributed by atoms with Crippen molar-refractivity contribution in [3.8, 4) is 0 Å². The van der Waals surface area contributed by atoms with E-state index < -0.39 is 0 Å². The van der Waals surface area contributed by atoms with Crippen LogP contribution >= 0.6 is 22.9 Å². The topological polar surface area (TPSA) is 48.9 Å². The average Bonchev–Trinajstić information content (AvgIpc) is 2.96. The lowest BCUT2D eigenvalue weighted by atomic mass is 10.2. The van der Waals surface area contributed by atoms with Crippen LogP contribution in [0.3, 0.4) is 0 Å². The smallest absolute Gasteiger partial charge is 0.191 e. The lowest BCUT2D eigenvalue weighted by molar-refractivity contribution is -0.0284. The van der Waals surface area contributed by atoms with E-state index in [0.29, 0.717) is 5.92 Å². The molecule has 0 spiro atoms. The highest BCUT2D eigenvalue weighted by molar-refractivity contribution is 7.16. The zero-order chi connectivity index (χ0) is 17.4. The van der Waals surface area contributed by atoms with Gasteiger partial charge in [0.1, 0.15) is 0 Å². The fraction of sp³-hybridized carbons (Fsp3) is 0.706. The zero-order valence-corrected chi connectivity index (χ0v) is 16.4. The van der Waals surface area contributed by atoms with Crippen LogP contribution in [0, 0.1) is 5.92 Å². The van der Waals surface area contributed by atoms with Crippen molar-refractivity contribution in [3.63, 3.8) is 0 Å². The first-order valence-electron chi connectivity index (χ1n) is 8.59. The summed E-state index contributed by atoms with van der Waals surface area (Å²) in [5.41, 5.74) is 0. The molecule has 1 unspecified atom stereocenters. The first-order valence-corrected chi connectivity index (χ1v) is 9.79. The molecule has 1 aliphatic rings. The summed E-state index contributed by atoms with van der Waals surface area (Å²) in [5.74, 6) is 1.51. The van der Waals surface area contributed by atoms with Gasteiger partial charge < -0.3 is 15.4 Å². The molecule has 24 heavy (non-hydrogen) atoms. The third-order valence-corrected chi connectivity index (χ3v) is 5.15. The van der Waals surface area contributed by atoms with Crippen molar-refractivity contribution in [2.75, 3.05) is 46.4 Å². The Morgan fingerprint density at radius 1 is 1.46 bits per heavy atom. The molecule has 2 N–H and O–H groups in total. The van der Waals surface area contributed by atoms with Crippen LogP contribution in [0.5, 0.6) is 0 Å². The summed E-state index contributed by atoms with van der Waals surface area (Å²) in [6.07, 6.45) is 1.16. The molecule has 2 rings (SSSR count). The minimum absolute atomic E-state index is 0.215. The summed E-state index contributed by atoms with van der Waals surface area (Å²) >= 11 is 7.58. The van der Waals surface area contributed by atoms with E-state index in [-0.39, 0.29) is 6.10 Å². The number of aliphatic imine (C=N–C) groups is 1. The van der Waals surface area contributed by atoms with Crippen LogP contribution in [0.15, 0.2) is 17.1 Å². The highest BCUT2D eigenvalue weighted by atomic mass is 35.5. The van der Waals surface area contributed by atoms with E-state index in [4.69, 9.17) is 16.3 Å². The van der Waals surface area contributed by atoms with Gasteiger partial charge in [-0.25, -0.2) is 0 Å². The maximum Gasteiger partial charge on any atom is 0.191 e. The molecule has 0 radical (unpaired) electrons. The molecule has 5 nitrogen and oxygen atoms in total. The van der Waals surface area contributed by atoms with E-state index >= 15 is 0 Å².